The Morgan fingerprint density at radius 2 is 1.17 bits per heavy atom. The van der Waals surface area contributed by atoms with Crippen LogP contribution in [0, 0.1) is 0 Å². The third-order valence-corrected chi connectivity index (χ3v) is 5.66. The Hall–Kier alpha value is -2.04. The lowest BCUT2D eigenvalue weighted by Gasteiger charge is -2.12. The monoisotopic (exact) mass is 396 g/mol. The quantitative estimate of drug-likeness (QED) is 0.449. The Balaban J connectivity index is 1.56. The fourth-order valence-electron chi connectivity index (χ4n) is 4.03. The van der Waals surface area contributed by atoms with Crippen LogP contribution in [0.5, 0.6) is 11.5 Å². The van der Waals surface area contributed by atoms with Crippen molar-refractivity contribution in [3.63, 3.8) is 0 Å². The molecule has 0 fully saturated rings. The molecule has 0 aromatic heterocycles. The highest BCUT2D eigenvalue weighted by atomic mass is 16.5. The van der Waals surface area contributed by atoms with Gasteiger partial charge in [-0.1, -0.05) is 38.8 Å². The van der Waals surface area contributed by atoms with Crippen molar-refractivity contribution < 1.29 is 9.47 Å². The first-order valence-electron chi connectivity index (χ1n) is 11.1. The van der Waals surface area contributed by atoms with Crippen molar-refractivity contribution in [2.24, 2.45) is 11.5 Å². The van der Waals surface area contributed by atoms with Crippen molar-refractivity contribution in [3.8, 4) is 22.6 Å². The molecule has 0 heterocycles. The molecule has 0 spiro atoms. The molecule has 158 valence electrons. The van der Waals surface area contributed by atoms with Crippen molar-refractivity contribution in [1.82, 2.24) is 0 Å². The van der Waals surface area contributed by atoms with E-state index in [0.29, 0.717) is 13.2 Å². The van der Waals surface area contributed by atoms with Gasteiger partial charge in [0.25, 0.3) is 0 Å². The molecule has 1 aliphatic rings. The molecular formula is C25H36N2O2. The average molecular weight is 397 g/mol. The SMILES string of the molecule is CCCC(N)CCOc1ccc2c(c1)Cc1cc(OCCC(N)CCC)ccc1-2. The normalized spacial score (nSPS) is 14.2. The minimum atomic E-state index is 0.230. The molecule has 0 saturated carbocycles. The average Bonchev–Trinajstić information content (AvgIpc) is 3.05. The van der Waals surface area contributed by atoms with Gasteiger partial charge in [0.05, 0.1) is 13.2 Å². The van der Waals surface area contributed by atoms with E-state index in [1.165, 1.54) is 22.3 Å². The van der Waals surface area contributed by atoms with Crippen LogP contribution in [-0.2, 0) is 6.42 Å². The van der Waals surface area contributed by atoms with E-state index >= 15 is 0 Å². The van der Waals surface area contributed by atoms with Crippen LogP contribution < -0.4 is 20.9 Å². The van der Waals surface area contributed by atoms with Gasteiger partial charge in [-0.05, 0) is 78.6 Å². The first kappa shape index (κ1) is 21.7. The van der Waals surface area contributed by atoms with Crippen molar-refractivity contribution in [1.29, 1.82) is 0 Å². The Morgan fingerprint density at radius 3 is 1.59 bits per heavy atom. The van der Waals surface area contributed by atoms with Crippen LogP contribution in [0.4, 0.5) is 0 Å². The summed E-state index contributed by atoms with van der Waals surface area (Å²) in [7, 11) is 0. The molecule has 2 aromatic carbocycles. The molecule has 4 heteroatoms. The summed E-state index contributed by atoms with van der Waals surface area (Å²) in [5, 5.41) is 0. The van der Waals surface area contributed by atoms with Crippen LogP contribution in [0.25, 0.3) is 11.1 Å². The molecule has 0 bridgehead atoms. The van der Waals surface area contributed by atoms with Crippen molar-refractivity contribution >= 4 is 0 Å². The van der Waals surface area contributed by atoms with E-state index in [2.05, 4.69) is 50.2 Å². The van der Waals surface area contributed by atoms with Gasteiger partial charge in [-0.25, -0.2) is 0 Å². The second-order valence-corrected chi connectivity index (χ2v) is 8.19. The zero-order valence-corrected chi connectivity index (χ0v) is 18.0. The van der Waals surface area contributed by atoms with E-state index in [1.54, 1.807) is 0 Å². The number of ether oxygens (including phenoxy) is 2. The van der Waals surface area contributed by atoms with Gasteiger partial charge in [-0.2, -0.15) is 0 Å². The number of fused-ring (bicyclic) bond motifs is 3. The van der Waals surface area contributed by atoms with Gasteiger partial charge in [0.15, 0.2) is 0 Å². The molecule has 4 N–H and O–H groups in total. The third-order valence-electron chi connectivity index (χ3n) is 5.66. The molecule has 2 aromatic rings. The van der Waals surface area contributed by atoms with Crippen LogP contribution in [0.15, 0.2) is 36.4 Å². The van der Waals surface area contributed by atoms with Crippen LogP contribution in [-0.4, -0.2) is 25.3 Å². The fraction of sp³-hybridized carbons (Fsp3) is 0.520. The first-order chi connectivity index (χ1) is 14.1. The molecule has 3 rings (SSSR count). The van der Waals surface area contributed by atoms with E-state index < -0.39 is 0 Å². The van der Waals surface area contributed by atoms with Crippen LogP contribution in [0.1, 0.15) is 63.5 Å². The minimum absolute atomic E-state index is 0.230. The predicted octanol–water partition coefficient (Wildman–Crippen LogP) is 5.05. The molecule has 0 radical (unpaired) electrons. The van der Waals surface area contributed by atoms with E-state index in [0.717, 1.165) is 56.4 Å². The molecule has 2 unspecified atom stereocenters. The number of hydrogen-bond acceptors (Lipinski definition) is 4. The van der Waals surface area contributed by atoms with Crippen LogP contribution in [0.3, 0.4) is 0 Å². The predicted molar refractivity (Wildman–Crippen MR) is 121 cm³/mol. The maximum absolute atomic E-state index is 6.08. The number of rotatable bonds is 12. The Morgan fingerprint density at radius 1 is 0.724 bits per heavy atom. The molecule has 29 heavy (non-hydrogen) atoms. The largest absolute Gasteiger partial charge is 0.494 e. The summed E-state index contributed by atoms with van der Waals surface area (Å²) in [5.41, 5.74) is 17.4. The summed E-state index contributed by atoms with van der Waals surface area (Å²) in [6, 6.07) is 13.3. The lowest BCUT2D eigenvalue weighted by Crippen LogP contribution is -2.22. The Kier molecular flexibility index (Phi) is 7.96. The molecular weight excluding hydrogens is 360 g/mol. The number of hydrogen-bond donors (Lipinski definition) is 2. The van der Waals surface area contributed by atoms with Gasteiger partial charge in [0.2, 0.25) is 0 Å². The molecule has 1 aliphatic carbocycles. The van der Waals surface area contributed by atoms with E-state index in [4.69, 9.17) is 20.9 Å². The van der Waals surface area contributed by atoms with Gasteiger partial charge >= 0.3 is 0 Å². The molecule has 0 saturated heterocycles. The Labute approximate surface area is 175 Å². The lowest BCUT2D eigenvalue weighted by atomic mass is 10.1. The summed E-state index contributed by atoms with van der Waals surface area (Å²) in [5.74, 6) is 1.86. The van der Waals surface area contributed by atoms with Gasteiger partial charge in [-0.15, -0.1) is 0 Å². The van der Waals surface area contributed by atoms with Gasteiger partial charge in [0, 0.05) is 12.1 Å². The van der Waals surface area contributed by atoms with Gasteiger partial charge in [-0.3, -0.25) is 0 Å². The van der Waals surface area contributed by atoms with Crippen molar-refractivity contribution in [2.75, 3.05) is 13.2 Å². The topological polar surface area (TPSA) is 70.5 Å². The standard InChI is InChI=1S/C25H36N2O2/c1-3-5-20(26)11-13-28-22-7-9-24-18(16-22)15-19-17-23(8-10-25(19)24)29-14-12-21(27)6-4-2/h7-10,16-17,20-21H,3-6,11-15,26-27H2,1-2H3. The minimum Gasteiger partial charge on any atom is -0.494 e. The number of nitrogens with two attached hydrogens (primary N) is 2. The molecule has 2 atom stereocenters. The zero-order chi connectivity index (χ0) is 20.6. The van der Waals surface area contributed by atoms with Gasteiger partial charge in [0.1, 0.15) is 11.5 Å². The second-order valence-electron chi connectivity index (χ2n) is 8.19. The van der Waals surface area contributed by atoms with Crippen molar-refractivity contribution in [2.45, 2.75) is 70.9 Å². The van der Waals surface area contributed by atoms with E-state index in [-0.39, 0.29) is 12.1 Å². The summed E-state index contributed by atoms with van der Waals surface area (Å²) >= 11 is 0. The molecule has 0 aliphatic heterocycles. The highest BCUT2D eigenvalue weighted by molar-refractivity contribution is 5.78. The fourth-order valence-corrected chi connectivity index (χ4v) is 4.03. The van der Waals surface area contributed by atoms with Crippen LogP contribution in [0.2, 0.25) is 0 Å². The maximum atomic E-state index is 6.08. The highest BCUT2D eigenvalue weighted by Crippen LogP contribution is 2.39. The van der Waals surface area contributed by atoms with Crippen LogP contribution >= 0.6 is 0 Å². The van der Waals surface area contributed by atoms with Gasteiger partial charge < -0.3 is 20.9 Å². The Bertz CT molecular complexity index is 725. The first-order valence-corrected chi connectivity index (χ1v) is 11.1. The highest BCUT2D eigenvalue weighted by Gasteiger charge is 2.19. The zero-order valence-electron chi connectivity index (χ0n) is 18.0. The van der Waals surface area contributed by atoms with Crippen molar-refractivity contribution in [3.05, 3.63) is 47.5 Å². The summed E-state index contributed by atoms with van der Waals surface area (Å²) < 4.78 is 11.9. The lowest BCUT2D eigenvalue weighted by molar-refractivity contribution is 0.294. The smallest absolute Gasteiger partial charge is 0.119 e. The summed E-state index contributed by atoms with van der Waals surface area (Å²) in [4.78, 5) is 0. The maximum Gasteiger partial charge on any atom is 0.119 e. The summed E-state index contributed by atoms with van der Waals surface area (Å²) in [6.07, 6.45) is 7.06. The van der Waals surface area contributed by atoms with E-state index in [9.17, 15) is 0 Å². The number of benzene rings is 2. The summed E-state index contributed by atoms with van der Waals surface area (Å²) in [6.45, 7) is 5.67. The third kappa shape index (κ3) is 5.97. The molecule has 0 amide bonds. The molecule has 4 nitrogen and oxygen atoms in total. The van der Waals surface area contributed by atoms with E-state index in [1.807, 2.05) is 0 Å². The second kappa shape index (κ2) is 10.7.